The zero-order valence-electron chi connectivity index (χ0n) is 21.5. The van der Waals surface area contributed by atoms with E-state index in [0.29, 0.717) is 58.1 Å². The van der Waals surface area contributed by atoms with Crippen LogP contribution >= 0.6 is 23.2 Å². The molecule has 8 nitrogen and oxygen atoms in total. The standard InChI is InChI=1S/C29H27Cl2N5O3/c1-18-3-8-21(9-4-18)36-27(37)23-17-35(29(38)34-26-12-7-20(30)15-24(26)31)14-13-25(23)33-28(36)32-16-19-5-10-22(39-2)11-6-19/h3-12,15H,13-14,16-17H2,1-2H3,(H,32,33)(H,34,38). The van der Waals surface area contributed by atoms with Crippen molar-refractivity contribution in [2.75, 3.05) is 24.3 Å². The van der Waals surface area contributed by atoms with Crippen LogP contribution in [-0.4, -0.2) is 34.1 Å². The van der Waals surface area contributed by atoms with Gasteiger partial charge in [-0.25, -0.2) is 14.3 Å². The maximum absolute atomic E-state index is 13.9. The van der Waals surface area contributed by atoms with Gasteiger partial charge in [-0.3, -0.25) is 4.79 Å². The van der Waals surface area contributed by atoms with Crippen LogP contribution < -0.4 is 20.9 Å². The first-order valence-corrected chi connectivity index (χ1v) is 13.2. The summed E-state index contributed by atoms with van der Waals surface area (Å²) in [5.41, 5.74) is 4.17. The summed E-state index contributed by atoms with van der Waals surface area (Å²) in [7, 11) is 1.63. The van der Waals surface area contributed by atoms with Gasteiger partial charge in [0.2, 0.25) is 5.95 Å². The molecule has 0 bridgehead atoms. The highest BCUT2D eigenvalue weighted by Gasteiger charge is 2.27. The molecule has 39 heavy (non-hydrogen) atoms. The quantitative estimate of drug-likeness (QED) is 0.297. The minimum Gasteiger partial charge on any atom is -0.497 e. The van der Waals surface area contributed by atoms with E-state index in [1.54, 1.807) is 34.8 Å². The van der Waals surface area contributed by atoms with Crippen LogP contribution in [0.15, 0.2) is 71.5 Å². The van der Waals surface area contributed by atoms with Crippen molar-refractivity contribution in [3.63, 3.8) is 0 Å². The SMILES string of the molecule is COc1ccc(CNc2nc3c(c(=O)n2-c2ccc(C)cc2)CN(C(=O)Nc2ccc(Cl)cc2Cl)CC3)cc1. The Morgan fingerprint density at radius 3 is 2.49 bits per heavy atom. The molecule has 0 saturated heterocycles. The van der Waals surface area contributed by atoms with Crippen LogP contribution in [0.4, 0.5) is 16.4 Å². The number of rotatable bonds is 6. The second-order valence-corrected chi connectivity index (χ2v) is 10.1. The zero-order chi connectivity index (χ0) is 27.5. The van der Waals surface area contributed by atoms with Gasteiger partial charge in [-0.15, -0.1) is 0 Å². The van der Waals surface area contributed by atoms with Gasteiger partial charge >= 0.3 is 6.03 Å². The summed E-state index contributed by atoms with van der Waals surface area (Å²) >= 11 is 12.2. The van der Waals surface area contributed by atoms with Crippen molar-refractivity contribution >= 4 is 40.9 Å². The number of carbonyl (C=O) groups excluding carboxylic acids is 1. The number of benzene rings is 3. The number of fused-ring (bicyclic) bond motifs is 1. The van der Waals surface area contributed by atoms with Crippen molar-refractivity contribution in [1.82, 2.24) is 14.5 Å². The predicted octanol–water partition coefficient (Wildman–Crippen LogP) is 6.06. The van der Waals surface area contributed by atoms with Gasteiger partial charge in [0.15, 0.2) is 0 Å². The van der Waals surface area contributed by atoms with Gasteiger partial charge in [0.25, 0.3) is 5.56 Å². The number of urea groups is 1. The average Bonchev–Trinajstić information content (AvgIpc) is 2.94. The minimum atomic E-state index is -0.354. The van der Waals surface area contributed by atoms with E-state index in [1.165, 1.54) is 0 Å². The molecule has 5 rings (SSSR count). The van der Waals surface area contributed by atoms with E-state index in [0.717, 1.165) is 16.9 Å². The second kappa shape index (κ2) is 11.4. The molecule has 3 aromatic carbocycles. The Kier molecular flexibility index (Phi) is 7.77. The van der Waals surface area contributed by atoms with Crippen LogP contribution in [0, 0.1) is 6.92 Å². The molecule has 0 atom stereocenters. The summed E-state index contributed by atoms with van der Waals surface area (Å²) in [4.78, 5) is 33.4. The number of methoxy groups -OCH3 is 1. The molecule has 4 aromatic rings. The van der Waals surface area contributed by atoms with E-state index < -0.39 is 0 Å². The number of anilines is 2. The predicted molar refractivity (Wildman–Crippen MR) is 154 cm³/mol. The molecular weight excluding hydrogens is 537 g/mol. The molecule has 0 spiro atoms. The molecule has 1 aliphatic rings. The summed E-state index contributed by atoms with van der Waals surface area (Å²) in [5.74, 6) is 1.22. The molecule has 0 radical (unpaired) electrons. The van der Waals surface area contributed by atoms with Gasteiger partial charge in [-0.2, -0.15) is 0 Å². The van der Waals surface area contributed by atoms with E-state index in [4.69, 9.17) is 32.9 Å². The third-order valence-electron chi connectivity index (χ3n) is 6.59. The largest absolute Gasteiger partial charge is 0.497 e. The lowest BCUT2D eigenvalue weighted by molar-refractivity contribution is 0.205. The molecule has 200 valence electrons. The van der Waals surface area contributed by atoms with Crippen molar-refractivity contribution in [3.8, 4) is 11.4 Å². The van der Waals surface area contributed by atoms with Gasteiger partial charge < -0.3 is 20.3 Å². The summed E-state index contributed by atoms with van der Waals surface area (Å²) in [5, 5.41) is 6.97. The third kappa shape index (κ3) is 5.87. The Labute approximate surface area is 236 Å². The Morgan fingerprint density at radius 2 is 1.79 bits per heavy atom. The lowest BCUT2D eigenvalue weighted by Crippen LogP contribution is -2.43. The number of aryl methyl sites for hydroxylation is 1. The Morgan fingerprint density at radius 1 is 1.05 bits per heavy atom. The van der Waals surface area contributed by atoms with Crippen molar-refractivity contribution in [2.45, 2.75) is 26.4 Å². The number of nitrogens with zero attached hydrogens (tertiary/aromatic N) is 3. The number of halogens is 2. The van der Waals surface area contributed by atoms with E-state index in [-0.39, 0.29) is 18.1 Å². The fraction of sp³-hybridized carbons (Fsp3) is 0.207. The fourth-order valence-corrected chi connectivity index (χ4v) is 4.87. The van der Waals surface area contributed by atoms with Gasteiger partial charge in [-0.05, 0) is 55.0 Å². The Hall–Kier alpha value is -4.01. The molecule has 1 aromatic heterocycles. The van der Waals surface area contributed by atoms with Crippen LogP contribution in [-0.2, 0) is 19.5 Å². The van der Waals surface area contributed by atoms with Crippen molar-refractivity contribution < 1.29 is 9.53 Å². The first kappa shape index (κ1) is 26.6. The summed E-state index contributed by atoms with van der Waals surface area (Å²) in [6.07, 6.45) is 0.443. The van der Waals surface area contributed by atoms with Gasteiger partial charge in [-0.1, -0.05) is 53.0 Å². The van der Waals surface area contributed by atoms with Crippen LogP contribution in [0.3, 0.4) is 0 Å². The number of hydrogen-bond acceptors (Lipinski definition) is 5. The number of amides is 2. The van der Waals surface area contributed by atoms with E-state index >= 15 is 0 Å². The molecular formula is C29H27Cl2N5O3. The lowest BCUT2D eigenvalue weighted by atomic mass is 10.1. The minimum absolute atomic E-state index is 0.128. The summed E-state index contributed by atoms with van der Waals surface area (Å²) < 4.78 is 6.81. The highest BCUT2D eigenvalue weighted by Crippen LogP contribution is 2.27. The topological polar surface area (TPSA) is 88.5 Å². The normalized spacial score (nSPS) is 12.6. The Balaban J connectivity index is 1.45. The van der Waals surface area contributed by atoms with E-state index in [2.05, 4.69) is 10.6 Å². The molecule has 10 heteroatoms. The highest BCUT2D eigenvalue weighted by atomic mass is 35.5. The number of carbonyl (C=O) groups is 1. The highest BCUT2D eigenvalue weighted by molar-refractivity contribution is 6.36. The van der Waals surface area contributed by atoms with Crippen LogP contribution in [0.25, 0.3) is 5.69 Å². The van der Waals surface area contributed by atoms with Gasteiger partial charge in [0.1, 0.15) is 5.75 Å². The first-order valence-electron chi connectivity index (χ1n) is 12.4. The Bertz CT molecular complexity index is 1570. The number of nitrogens with one attached hydrogen (secondary N) is 2. The molecule has 2 heterocycles. The van der Waals surface area contributed by atoms with E-state index in [9.17, 15) is 9.59 Å². The molecule has 1 aliphatic heterocycles. The van der Waals surface area contributed by atoms with Gasteiger partial charge in [0.05, 0.1) is 41.3 Å². The molecule has 0 saturated carbocycles. The number of hydrogen-bond donors (Lipinski definition) is 2. The van der Waals surface area contributed by atoms with Crippen LogP contribution in [0.1, 0.15) is 22.4 Å². The molecule has 2 amide bonds. The maximum atomic E-state index is 13.9. The molecule has 2 N–H and O–H groups in total. The van der Waals surface area contributed by atoms with Crippen molar-refractivity contribution in [1.29, 1.82) is 0 Å². The third-order valence-corrected chi connectivity index (χ3v) is 7.14. The van der Waals surface area contributed by atoms with Crippen LogP contribution in [0.2, 0.25) is 10.0 Å². The maximum Gasteiger partial charge on any atom is 0.322 e. The van der Waals surface area contributed by atoms with Crippen molar-refractivity contribution in [2.24, 2.45) is 0 Å². The molecule has 0 fully saturated rings. The molecule has 0 aliphatic carbocycles. The number of ether oxygens (including phenoxy) is 1. The lowest BCUT2D eigenvalue weighted by Gasteiger charge is -2.29. The van der Waals surface area contributed by atoms with Crippen molar-refractivity contribution in [3.05, 3.63) is 110 Å². The van der Waals surface area contributed by atoms with Crippen LogP contribution in [0.5, 0.6) is 5.75 Å². The first-order chi connectivity index (χ1) is 18.8. The number of aromatic nitrogens is 2. The monoisotopic (exact) mass is 563 g/mol. The summed E-state index contributed by atoms with van der Waals surface area (Å²) in [6.45, 7) is 2.99. The van der Waals surface area contributed by atoms with Gasteiger partial charge in [0, 0.05) is 24.5 Å². The summed E-state index contributed by atoms with van der Waals surface area (Å²) in [6, 6.07) is 19.9. The fourth-order valence-electron chi connectivity index (χ4n) is 4.41. The average molecular weight is 564 g/mol. The zero-order valence-corrected chi connectivity index (χ0v) is 23.0. The smallest absolute Gasteiger partial charge is 0.322 e. The second-order valence-electron chi connectivity index (χ2n) is 9.26. The van der Waals surface area contributed by atoms with E-state index in [1.807, 2.05) is 55.5 Å². The molecule has 0 unspecified atom stereocenters.